The zero-order valence-electron chi connectivity index (χ0n) is 11.4. The second kappa shape index (κ2) is 7.68. The highest BCUT2D eigenvalue weighted by Gasteiger charge is 2.18. The lowest BCUT2D eigenvalue weighted by Crippen LogP contribution is -2.08. The highest BCUT2D eigenvalue weighted by Crippen LogP contribution is 2.29. The highest BCUT2D eigenvalue weighted by atomic mass is 79.9. The summed E-state index contributed by atoms with van der Waals surface area (Å²) in [6.07, 6.45) is 0. The van der Waals surface area contributed by atoms with Crippen LogP contribution >= 0.6 is 39.1 Å². The Kier molecular flexibility index (Phi) is 5.87. The molecule has 0 saturated heterocycles. The standard InChI is InChI=1S/C15H9BrCl2N2O3/c16-14(15(22)23)20-19-12-6-5-8(17)7-10(12)13(21)9-3-1-2-4-11(9)18/h1-7,14H,(H,22,23). The van der Waals surface area contributed by atoms with E-state index in [4.69, 9.17) is 28.3 Å². The lowest BCUT2D eigenvalue weighted by molar-refractivity contribution is -0.136. The second-order valence-corrected chi connectivity index (χ2v) is 6.07. The van der Waals surface area contributed by atoms with Gasteiger partial charge in [-0.2, -0.15) is 10.2 Å². The number of carbonyl (C=O) groups is 2. The summed E-state index contributed by atoms with van der Waals surface area (Å²) in [6.45, 7) is 0. The maximum atomic E-state index is 12.6. The van der Waals surface area contributed by atoms with Crippen LogP contribution in [0, 0.1) is 0 Å². The van der Waals surface area contributed by atoms with E-state index in [9.17, 15) is 9.59 Å². The minimum absolute atomic E-state index is 0.180. The minimum Gasteiger partial charge on any atom is -0.479 e. The van der Waals surface area contributed by atoms with Crippen molar-refractivity contribution in [1.82, 2.24) is 0 Å². The van der Waals surface area contributed by atoms with Crippen LogP contribution in [0.3, 0.4) is 0 Å². The third kappa shape index (κ3) is 4.37. The molecule has 5 nitrogen and oxygen atoms in total. The Morgan fingerprint density at radius 1 is 1.09 bits per heavy atom. The molecular weight excluding hydrogens is 407 g/mol. The van der Waals surface area contributed by atoms with E-state index in [0.717, 1.165) is 0 Å². The molecule has 0 spiro atoms. The van der Waals surface area contributed by atoms with Crippen molar-refractivity contribution >= 4 is 56.6 Å². The number of alkyl halides is 1. The van der Waals surface area contributed by atoms with Crippen LogP contribution in [0.5, 0.6) is 0 Å². The van der Waals surface area contributed by atoms with Crippen molar-refractivity contribution < 1.29 is 14.7 Å². The largest absolute Gasteiger partial charge is 0.479 e. The second-order valence-electron chi connectivity index (χ2n) is 4.36. The van der Waals surface area contributed by atoms with E-state index in [2.05, 4.69) is 26.2 Å². The predicted octanol–water partition coefficient (Wildman–Crippen LogP) is 5.11. The number of azo groups is 1. The summed E-state index contributed by atoms with van der Waals surface area (Å²) in [5, 5.41) is 16.8. The molecule has 1 N–H and O–H groups in total. The van der Waals surface area contributed by atoms with E-state index < -0.39 is 10.9 Å². The van der Waals surface area contributed by atoms with Gasteiger partial charge in [0.1, 0.15) is 0 Å². The highest BCUT2D eigenvalue weighted by molar-refractivity contribution is 9.10. The van der Waals surface area contributed by atoms with E-state index in [0.29, 0.717) is 15.6 Å². The van der Waals surface area contributed by atoms with Gasteiger partial charge in [-0.25, -0.2) is 4.79 Å². The summed E-state index contributed by atoms with van der Waals surface area (Å²) in [5.41, 5.74) is 0.672. The maximum Gasteiger partial charge on any atom is 0.341 e. The molecule has 0 aliphatic heterocycles. The Morgan fingerprint density at radius 3 is 2.43 bits per heavy atom. The van der Waals surface area contributed by atoms with Gasteiger partial charge in [-0.1, -0.05) is 35.3 Å². The summed E-state index contributed by atoms with van der Waals surface area (Å²) in [6, 6.07) is 11.0. The van der Waals surface area contributed by atoms with Gasteiger partial charge in [-0.05, 0) is 46.3 Å². The molecule has 2 aromatic carbocycles. The van der Waals surface area contributed by atoms with Gasteiger partial charge in [-0.3, -0.25) is 4.79 Å². The fourth-order valence-electron chi connectivity index (χ4n) is 1.73. The molecule has 0 aromatic heterocycles. The Morgan fingerprint density at radius 2 is 1.78 bits per heavy atom. The van der Waals surface area contributed by atoms with Gasteiger partial charge in [0.25, 0.3) is 0 Å². The molecule has 0 amide bonds. The lowest BCUT2D eigenvalue weighted by Gasteiger charge is -2.07. The first kappa shape index (κ1) is 17.6. The molecule has 23 heavy (non-hydrogen) atoms. The monoisotopic (exact) mass is 414 g/mol. The van der Waals surface area contributed by atoms with Crippen molar-refractivity contribution in [2.75, 3.05) is 0 Å². The van der Waals surface area contributed by atoms with Gasteiger partial charge in [0.05, 0.1) is 16.3 Å². The maximum absolute atomic E-state index is 12.6. The normalized spacial score (nSPS) is 12.3. The Labute approximate surface area is 150 Å². The molecule has 0 bridgehead atoms. The number of halogens is 3. The molecule has 0 aliphatic carbocycles. The van der Waals surface area contributed by atoms with Crippen LogP contribution < -0.4 is 0 Å². The van der Waals surface area contributed by atoms with E-state index in [-0.39, 0.29) is 17.0 Å². The summed E-state index contributed by atoms with van der Waals surface area (Å²) < 4.78 is 0. The number of benzene rings is 2. The van der Waals surface area contributed by atoms with Gasteiger partial charge in [0, 0.05) is 10.6 Å². The van der Waals surface area contributed by atoms with Crippen LogP contribution in [0.2, 0.25) is 10.0 Å². The van der Waals surface area contributed by atoms with Gasteiger partial charge in [0.2, 0.25) is 4.95 Å². The van der Waals surface area contributed by atoms with Crippen LogP contribution in [0.15, 0.2) is 52.7 Å². The Balaban J connectivity index is 2.46. The van der Waals surface area contributed by atoms with Crippen LogP contribution in [0.4, 0.5) is 5.69 Å². The first-order valence-corrected chi connectivity index (χ1v) is 7.94. The van der Waals surface area contributed by atoms with Gasteiger partial charge in [0.15, 0.2) is 5.78 Å². The number of ketones is 1. The number of hydrogen-bond donors (Lipinski definition) is 1. The Bertz CT molecular complexity index is 796. The summed E-state index contributed by atoms with van der Waals surface area (Å²) in [4.78, 5) is 22.2. The molecule has 2 rings (SSSR count). The SMILES string of the molecule is O=C(c1ccccc1Cl)c1cc(Cl)ccc1N=NC(Br)C(=O)O. The van der Waals surface area contributed by atoms with E-state index >= 15 is 0 Å². The molecular formula is C15H9BrCl2N2O3. The van der Waals surface area contributed by atoms with Crippen molar-refractivity contribution in [2.24, 2.45) is 10.2 Å². The number of aliphatic carboxylic acids is 1. The zero-order valence-corrected chi connectivity index (χ0v) is 14.5. The number of carboxylic acid groups (broad SMARTS) is 1. The molecule has 0 heterocycles. The fraction of sp³-hybridized carbons (Fsp3) is 0.0667. The number of rotatable bonds is 5. The van der Waals surface area contributed by atoms with Crippen molar-refractivity contribution in [3.63, 3.8) is 0 Å². The number of hydrogen-bond acceptors (Lipinski definition) is 4. The molecule has 0 radical (unpaired) electrons. The van der Waals surface area contributed by atoms with Gasteiger partial charge < -0.3 is 5.11 Å². The van der Waals surface area contributed by atoms with Crippen molar-refractivity contribution in [3.8, 4) is 0 Å². The van der Waals surface area contributed by atoms with Crippen LogP contribution in [0.25, 0.3) is 0 Å². The summed E-state index contributed by atoms with van der Waals surface area (Å²) in [7, 11) is 0. The Hall–Kier alpha value is -1.76. The minimum atomic E-state index is -1.21. The number of carboxylic acids is 1. The van der Waals surface area contributed by atoms with Crippen molar-refractivity contribution in [1.29, 1.82) is 0 Å². The molecule has 118 valence electrons. The first-order chi connectivity index (χ1) is 10.9. The zero-order chi connectivity index (χ0) is 17.0. The average Bonchev–Trinajstić information content (AvgIpc) is 2.53. The van der Waals surface area contributed by atoms with Gasteiger partial charge in [-0.15, -0.1) is 0 Å². The number of carbonyl (C=O) groups excluding carboxylic acids is 1. The van der Waals surface area contributed by atoms with Crippen LogP contribution in [-0.4, -0.2) is 21.8 Å². The molecule has 1 unspecified atom stereocenters. The molecule has 1 atom stereocenters. The molecule has 0 saturated carbocycles. The first-order valence-electron chi connectivity index (χ1n) is 6.26. The predicted molar refractivity (Wildman–Crippen MR) is 91.2 cm³/mol. The van der Waals surface area contributed by atoms with E-state index in [1.807, 2.05) is 0 Å². The van der Waals surface area contributed by atoms with Crippen LogP contribution in [-0.2, 0) is 4.79 Å². The topological polar surface area (TPSA) is 79.1 Å². The quantitative estimate of drug-likeness (QED) is 0.318. The third-order valence-electron chi connectivity index (χ3n) is 2.79. The van der Waals surface area contributed by atoms with Gasteiger partial charge >= 0.3 is 5.97 Å². The lowest BCUT2D eigenvalue weighted by atomic mass is 10.0. The van der Waals surface area contributed by atoms with E-state index in [1.54, 1.807) is 24.3 Å². The smallest absolute Gasteiger partial charge is 0.341 e. The summed E-state index contributed by atoms with van der Waals surface area (Å²) in [5.74, 6) is -1.57. The summed E-state index contributed by atoms with van der Waals surface area (Å²) >= 11 is 14.8. The van der Waals surface area contributed by atoms with Crippen molar-refractivity contribution in [3.05, 3.63) is 63.6 Å². The molecule has 0 aliphatic rings. The van der Waals surface area contributed by atoms with Crippen LogP contribution in [0.1, 0.15) is 15.9 Å². The molecule has 2 aromatic rings. The van der Waals surface area contributed by atoms with E-state index in [1.165, 1.54) is 18.2 Å². The average molecular weight is 416 g/mol. The fourth-order valence-corrected chi connectivity index (χ4v) is 2.22. The third-order valence-corrected chi connectivity index (χ3v) is 3.93. The molecule has 8 heteroatoms. The number of nitrogens with zero attached hydrogens (tertiary/aromatic N) is 2. The van der Waals surface area contributed by atoms with Crippen molar-refractivity contribution in [2.45, 2.75) is 4.95 Å². The molecule has 0 fully saturated rings.